The van der Waals surface area contributed by atoms with E-state index >= 15 is 0 Å². The van der Waals surface area contributed by atoms with Gasteiger partial charge in [0.25, 0.3) is 0 Å². The minimum Gasteiger partial charge on any atom is -0.399 e. The van der Waals surface area contributed by atoms with Gasteiger partial charge in [0.1, 0.15) is 11.5 Å². The summed E-state index contributed by atoms with van der Waals surface area (Å²) in [6.45, 7) is 7.90. The van der Waals surface area contributed by atoms with Crippen LogP contribution in [-0.4, -0.2) is 23.3 Å². The summed E-state index contributed by atoms with van der Waals surface area (Å²) in [5, 5.41) is 8.37. The molecule has 1 saturated heterocycles. The van der Waals surface area contributed by atoms with Crippen molar-refractivity contribution in [1.29, 1.82) is 0 Å². The highest BCUT2D eigenvalue weighted by atomic mass is 16.7. The Kier molecular flexibility index (Phi) is 4.26. The smallest absolute Gasteiger partial charge is 0.399 e. The van der Waals surface area contributed by atoms with Crippen molar-refractivity contribution in [3.63, 3.8) is 0 Å². The molecule has 0 spiro atoms. The molecule has 0 aliphatic carbocycles. The summed E-state index contributed by atoms with van der Waals surface area (Å²) in [6, 6.07) is 11.1. The molecule has 1 aliphatic rings. The largest absolute Gasteiger partial charge is 0.498 e. The van der Waals surface area contributed by atoms with Crippen molar-refractivity contribution in [2.24, 2.45) is 10.2 Å². The molecular formula is C17H22BN5O2. The molecule has 25 heavy (non-hydrogen) atoms. The van der Waals surface area contributed by atoms with E-state index < -0.39 is 18.3 Å². The third-order valence-corrected chi connectivity index (χ3v) is 4.63. The van der Waals surface area contributed by atoms with Crippen LogP contribution in [0.25, 0.3) is 0 Å². The number of hydrogen-bond acceptors (Lipinski definition) is 7. The van der Waals surface area contributed by atoms with E-state index in [0.29, 0.717) is 11.2 Å². The van der Waals surface area contributed by atoms with Crippen LogP contribution in [0.5, 0.6) is 0 Å². The number of nitrogen functional groups attached to an aromatic ring is 2. The molecule has 0 saturated carbocycles. The lowest BCUT2D eigenvalue weighted by Crippen LogP contribution is -2.41. The van der Waals surface area contributed by atoms with Crippen LogP contribution in [0, 0.1) is 0 Å². The number of pyridine rings is 1. The number of nitrogens with zero attached hydrogens (tertiary/aromatic N) is 3. The van der Waals surface area contributed by atoms with Gasteiger partial charge in [-0.25, -0.2) is 4.98 Å². The van der Waals surface area contributed by atoms with Gasteiger partial charge in [0, 0.05) is 5.46 Å². The number of azo groups is 1. The molecule has 0 atom stereocenters. The Balaban J connectivity index is 1.93. The highest BCUT2D eigenvalue weighted by Gasteiger charge is 2.52. The second kappa shape index (κ2) is 6.13. The lowest BCUT2D eigenvalue weighted by atomic mass is 9.79. The summed E-state index contributed by atoms with van der Waals surface area (Å²) in [5.74, 6) is 0.465. The highest BCUT2D eigenvalue weighted by molar-refractivity contribution is 6.63. The van der Waals surface area contributed by atoms with E-state index in [1.54, 1.807) is 6.07 Å². The molecule has 1 aromatic carbocycles. The van der Waals surface area contributed by atoms with Crippen LogP contribution in [0.3, 0.4) is 0 Å². The minimum absolute atomic E-state index is 0.206. The summed E-state index contributed by atoms with van der Waals surface area (Å²) in [6.07, 6.45) is 0. The van der Waals surface area contributed by atoms with Gasteiger partial charge in [-0.3, -0.25) is 0 Å². The average molecular weight is 339 g/mol. The number of aromatic nitrogens is 1. The molecule has 2 aromatic rings. The standard InChI is InChI=1S/C17H22BN5O2/c1-16(2)17(3,4)25-18(24-16)12-10-13(15(20)21-14(12)19)23-22-11-8-6-5-7-9-11/h5-10H,1-4H3,(H4,19,20,21). The maximum atomic E-state index is 6.03. The minimum atomic E-state index is -0.635. The third kappa shape index (κ3) is 3.36. The quantitative estimate of drug-likeness (QED) is 0.660. The van der Waals surface area contributed by atoms with E-state index in [1.165, 1.54) is 0 Å². The van der Waals surface area contributed by atoms with Crippen molar-refractivity contribution in [2.45, 2.75) is 38.9 Å². The SMILES string of the molecule is CC1(C)OB(c2cc(N=Nc3ccccc3)c(N)nc2N)OC1(C)C. The van der Waals surface area contributed by atoms with Crippen LogP contribution in [0.1, 0.15) is 27.7 Å². The zero-order valence-electron chi connectivity index (χ0n) is 14.9. The number of hydrogen-bond donors (Lipinski definition) is 2. The number of rotatable bonds is 3. The van der Waals surface area contributed by atoms with Crippen molar-refractivity contribution >= 4 is 35.6 Å². The molecule has 1 aliphatic heterocycles. The monoisotopic (exact) mass is 339 g/mol. The second-order valence-corrected chi connectivity index (χ2v) is 6.99. The van der Waals surface area contributed by atoms with Crippen LogP contribution >= 0.6 is 0 Å². The molecule has 8 heteroatoms. The Morgan fingerprint density at radius 3 is 2.12 bits per heavy atom. The zero-order valence-corrected chi connectivity index (χ0v) is 14.9. The average Bonchev–Trinajstić information content (AvgIpc) is 2.75. The number of anilines is 2. The summed E-state index contributed by atoms with van der Waals surface area (Å²) < 4.78 is 12.1. The normalized spacial score (nSPS) is 18.8. The lowest BCUT2D eigenvalue weighted by Gasteiger charge is -2.32. The molecule has 0 bridgehead atoms. The van der Waals surface area contributed by atoms with Crippen molar-refractivity contribution < 1.29 is 9.31 Å². The van der Waals surface area contributed by atoms with Crippen LogP contribution in [0.4, 0.5) is 23.0 Å². The van der Waals surface area contributed by atoms with Crippen LogP contribution in [-0.2, 0) is 9.31 Å². The summed E-state index contributed by atoms with van der Waals surface area (Å²) in [5.41, 5.74) is 12.7. The van der Waals surface area contributed by atoms with Crippen LogP contribution in [0.2, 0.25) is 0 Å². The van der Waals surface area contributed by atoms with Crippen molar-refractivity contribution in [2.75, 3.05) is 11.5 Å². The molecule has 1 fully saturated rings. The first-order chi connectivity index (χ1) is 11.7. The predicted molar refractivity (Wildman–Crippen MR) is 99.4 cm³/mol. The van der Waals surface area contributed by atoms with Gasteiger partial charge in [0.15, 0.2) is 5.82 Å². The van der Waals surface area contributed by atoms with Gasteiger partial charge >= 0.3 is 7.12 Å². The Morgan fingerprint density at radius 2 is 1.52 bits per heavy atom. The number of nitrogens with two attached hydrogens (primary N) is 2. The Bertz CT molecular complexity index is 792. The van der Waals surface area contributed by atoms with Gasteiger partial charge in [0.05, 0.1) is 16.9 Å². The summed E-state index contributed by atoms with van der Waals surface area (Å²) >= 11 is 0. The third-order valence-electron chi connectivity index (χ3n) is 4.63. The summed E-state index contributed by atoms with van der Waals surface area (Å²) in [4.78, 5) is 4.17. The van der Waals surface area contributed by atoms with Crippen molar-refractivity contribution in [1.82, 2.24) is 4.98 Å². The summed E-state index contributed by atoms with van der Waals surface area (Å²) in [7, 11) is -0.635. The van der Waals surface area contributed by atoms with E-state index in [0.717, 1.165) is 5.69 Å². The fourth-order valence-corrected chi connectivity index (χ4v) is 2.39. The molecule has 7 nitrogen and oxygen atoms in total. The first-order valence-electron chi connectivity index (χ1n) is 8.08. The Morgan fingerprint density at radius 1 is 0.920 bits per heavy atom. The molecular weight excluding hydrogens is 317 g/mol. The molecule has 3 rings (SSSR count). The first kappa shape index (κ1) is 17.4. The van der Waals surface area contributed by atoms with Gasteiger partial charge in [-0.15, -0.1) is 5.11 Å². The van der Waals surface area contributed by atoms with Crippen molar-refractivity contribution in [3.05, 3.63) is 36.4 Å². The fourth-order valence-electron chi connectivity index (χ4n) is 2.39. The maximum absolute atomic E-state index is 6.03. The van der Waals surface area contributed by atoms with E-state index in [2.05, 4.69) is 15.2 Å². The van der Waals surface area contributed by atoms with Gasteiger partial charge in [0.2, 0.25) is 0 Å². The molecule has 2 heterocycles. The molecule has 4 N–H and O–H groups in total. The van der Waals surface area contributed by atoms with Gasteiger partial charge in [-0.2, -0.15) is 5.11 Å². The fraction of sp³-hybridized carbons (Fsp3) is 0.353. The molecule has 1 aromatic heterocycles. The molecule has 0 amide bonds. The van der Waals surface area contributed by atoms with Gasteiger partial charge in [-0.1, -0.05) is 18.2 Å². The Hall–Kier alpha value is -2.45. The molecule has 130 valence electrons. The highest BCUT2D eigenvalue weighted by Crippen LogP contribution is 2.37. The van der Waals surface area contributed by atoms with Crippen LogP contribution in [0.15, 0.2) is 46.6 Å². The number of benzene rings is 1. The molecule has 0 unspecified atom stereocenters. The second-order valence-electron chi connectivity index (χ2n) is 6.99. The van der Waals surface area contributed by atoms with E-state index in [-0.39, 0.29) is 11.6 Å². The van der Waals surface area contributed by atoms with Gasteiger partial charge < -0.3 is 20.8 Å². The predicted octanol–water partition coefficient (Wildman–Crippen LogP) is 2.96. The zero-order chi connectivity index (χ0) is 18.2. The maximum Gasteiger partial charge on any atom is 0.498 e. The van der Waals surface area contributed by atoms with E-state index in [9.17, 15) is 0 Å². The lowest BCUT2D eigenvalue weighted by molar-refractivity contribution is 0.00578. The Labute approximate surface area is 147 Å². The first-order valence-corrected chi connectivity index (χ1v) is 8.08. The van der Waals surface area contributed by atoms with E-state index in [1.807, 2.05) is 58.0 Å². The topological polar surface area (TPSA) is 108 Å². The van der Waals surface area contributed by atoms with Gasteiger partial charge in [-0.05, 0) is 45.9 Å². The molecule has 0 radical (unpaired) electrons. The van der Waals surface area contributed by atoms with Crippen LogP contribution < -0.4 is 16.9 Å². The van der Waals surface area contributed by atoms with E-state index in [4.69, 9.17) is 20.8 Å². The van der Waals surface area contributed by atoms with Crippen molar-refractivity contribution in [3.8, 4) is 0 Å².